The Kier molecular flexibility index (Phi) is 4.77. The highest BCUT2D eigenvalue weighted by atomic mass is 16.5. The van der Waals surface area contributed by atoms with Crippen molar-refractivity contribution in [2.75, 3.05) is 0 Å². The van der Waals surface area contributed by atoms with Crippen LogP contribution in [0.5, 0.6) is 0 Å². The number of amides is 1. The number of benzene rings is 2. The number of hydrogen-bond donors (Lipinski definition) is 1. The minimum atomic E-state index is -0.269. The second kappa shape index (κ2) is 7.38. The van der Waals surface area contributed by atoms with Gasteiger partial charge >= 0.3 is 0 Å². The van der Waals surface area contributed by atoms with Crippen molar-refractivity contribution in [3.8, 4) is 11.4 Å². The van der Waals surface area contributed by atoms with E-state index in [2.05, 4.69) is 15.5 Å². The molecule has 0 atom stereocenters. The molecule has 1 aliphatic rings. The molecule has 6 heteroatoms. The van der Waals surface area contributed by atoms with Gasteiger partial charge in [-0.2, -0.15) is 4.98 Å². The van der Waals surface area contributed by atoms with Crippen LogP contribution in [0, 0.1) is 13.8 Å². The number of rotatable bonds is 6. The molecule has 28 heavy (non-hydrogen) atoms. The van der Waals surface area contributed by atoms with Gasteiger partial charge in [0.1, 0.15) is 0 Å². The molecule has 1 heterocycles. The number of nitrogens with one attached hydrogen (secondary N) is 1. The fourth-order valence-corrected chi connectivity index (χ4v) is 2.99. The molecule has 0 radical (unpaired) electrons. The smallest absolute Gasteiger partial charge is 0.294 e. The lowest BCUT2D eigenvalue weighted by molar-refractivity contribution is 0.0939. The fraction of sp³-hybridized carbons (Fsp3) is 0.273. The summed E-state index contributed by atoms with van der Waals surface area (Å²) in [5.41, 5.74) is 4.16. The van der Waals surface area contributed by atoms with Crippen LogP contribution < -0.4 is 5.32 Å². The maximum absolute atomic E-state index is 12.7. The third-order valence-electron chi connectivity index (χ3n) is 4.82. The molecule has 0 bridgehead atoms. The molecule has 0 saturated heterocycles. The monoisotopic (exact) mass is 375 g/mol. The maximum Gasteiger partial charge on any atom is 0.294 e. The standard InChI is InChI=1S/C22H21N3O3/c1-13-4-3-5-15(10-13)20-24-22(28-25-20)19(26)12-17-11-16(7-6-14(17)2)21(27)23-18-8-9-18/h3-7,10-11,18H,8-9,12H2,1-2H3,(H,23,27). The molecule has 1 N–H and O–H groups in total. The Balaban J connectivity index is 1.51. The summed E-state index contributed by atoms with van der Waals surface area (Å²) >= 11 is 0. The van der Waals surface area contributed by atoms with Crippen molar-refractivity contribution < 1.29 is 14.1 Å². The van der Waals surface area contributed by atoms with Crippen molar-refractivity contribution in [1.82, 2.24) is 15.5 Å². The van der Waals surface area contributed by atoms with Gasteiger partial charge in [-0.05, 0) is 56.0 Å². The average molecular weight is 375 g/mol. The van der Waals surface area contributed by atoms with E-state index >= 15 is 0 Å². The third kappa shape index (κ3) is 4.01. The van der Waals surface area contributed by atoms with Crippen LogP contribution in [0.2, 0.25) is 0 Å². The molecule has 1 amide bonds. The molecule has 3 aromatic rings. The molecular formula is C22H21N3O3. The first kappa shape index (κ1) is 18.1. The summed E-state index contributed by atoms with van der Waals surface area (Å²) in [6, 6.07) is 13.4. The molecule has 4 rings (SSSR count). The summed E-state index contributed by atoms with van der Waals surface area (Å²) < 4.78 is 5.18. The van der Waals surface area contributed by atoms with Gasteiger partial charge < -0.3 is 9.84 Å². The summed E-state index contributed by atoms with van der Waals surface area (Å²) in [5, 5.41) is 6.89. The Morgan fingerprint density at radius 2 is 1.96 bits per heavy atom. The van der Waals surface area contributed by atoms with E-state index in [9.17, 15) is 9.59 Å². The van der Waals surface area contributed by atoms with Gasteiger partial charge in [0.15, 0.2) is 0 Å². The van der Waals surface area contributed by atoms with Crippen molar-refractivity contribution in [1.29, 1.82) is 0 Å². The Morgan fingerprint density at radius 3 is 2.71 bits per heavy atom. The molecule has 2 aromatic carbocycles. The number of carbonyl (C=O) groups excluding carboxylic acids is 2. The molecule has 1 aromatic heterocycles. The van der Waals surface area contributed by atoms with Crippen LogP contribution in [0.3, 0.4) is 0 Å². The summed E-state index contributed by atoms with van der Waals surface area (Å²) in [7, 11) is 0. The zero-order valence-corrected chi connectivity index (χ0v) is 15.9. The highest BCUT2D eigenvalue weighted by Crippen LogP contribution is 2.21. The lowest BCUT2D eigenvalue weighted by atomic mass is 10.00. The van der Waals surface area contributed by atoms with Crippen molar-refractivity contribution >= 4 is 11.7 Å². The number of ketones is 1. The molecule has 0 spiro atoms. The SMILES string of the molecule is Cc1cccc(-c2noc(C(=O)Cc3cc(C(=O)NC4CC4)ccc3C)n2)c1. The lowest BCUT2D eigenvalue weighted by Crippen LogP contribution is -2.25. The molecule has 1 fully saturated rings. The van der Waals surface area contributed by atoms with E-state index in [0.717, 1.165) is 35.1 Å². The molecule has 142 valence electrons. The van der Waals surface area contributed by atoms with Crippen LogP contribution in [0.15, 0.2) is 47.0 Å². The van der Waals surface area contributed by atoms with Crippen LogP contribution in [0.25, 0.3) is 11.4 Å². The van der Waals surface area contributed by atoms with E-state index in [-0.39, 0.29) is 30.0 Å². The van der Waals surface area contributed by atoms with Gasteiger partial charge in [0.25, 0.3) is 11.8 Å². The van der Waals surface area contributed by atoms with Crippen LogP contribution in [-0.4, -0.2) is 27.9 Å². The van der Waals surface area contributed by atoms with Crippen LogP contribution in [0.1, 0.15) is 50.6 Å². The Labute approximate surface area is 163 Å². The molecule has 0 unspecified atom stereocenters. The topological polar surface area (TPSA) is 85.1 Å². The van der Waals surface area contributed by atoms with Gasteiger partial charge in [0, 0.05) is 23.6 Å². The highest BCUT2D eigenvalue weighted by molar-refractivity contribution is 5.96. The first-order valence-corrected chi connectivity index (χ1v) is 9.34. The minimum absolute atomic E-state index is 0.0243. The molecule has 6 nitrogen and oxygen atoms in total. The fourth-order valence-electron chi connectivity index (χ4n) is 2.99. The van der Waals surface area contributed by atoms with Crippen LogP contribution >= 0.6 is 0 Å². The Bertz CT molecular complexity index is 1050. The van der Waals surface area contributed by atoms with Gasteiger partial charge in [-0.25, -0.2) is 0 Å². The number of hydrogen-bond acceptors (Lipinski definition) is 5. The van der Waals surface area contributed by atoms with Gasteiger partial charge in [0.2, 0.25) is 11.6 Å². The minimum Gasteiger partial charge on any atom is -0.349 e. The van der Waals surface area contributed by atoms with Gasteiger partial charge in [-0.15, -0.1) is 0 Å². The highest BCUT2D eigenvalue weighted by Gasteiger charge is 2.24. The van der Waals surface area contributed by atoms with E-state index in [1.807, 2.05) is 44.2 Å². The third-order valence-corrected chi connectivity index (χ3v) is 4.82. The molecular weight excluding hydrogens is 354 g/mol. The van der Waals surface area contributed by atoms with E-state index in [4.69, 9.17) is 4.52 Å². The van der Waals surface area contributed by atoms with E-state index in [1.165, 1.54) is 0 Å². The van der Waals surface area contributed by atoms with Crippen LogP contribution in [0.4, 0.5) is 0 Å². The Morgan fingerprint density at radius 1 is 1.14 bits per heavy atom. The molecule has 0 aliphatic heterocycles. The van der Waals surface area contributed by atoms with E-state index < -0.39 is 0 Å². The number of aryl methyl sites for hydroxylation is 2. The van der Waals surface area contributed by atoms with Gasteiger partial charge in [0.05, 0.1) is 0 Å². The van der Waals surface area contributed by atoms with Gasteiger partial charge in [-0.1, -0.05) is 35.0 Å². The zero-order chi connectivity index (χ0) is 19.7. The average Bonchev–Trinajstić information content (AvgIpc) is 3.34. The van der Waals surface area contributed by atoms with Gasteiger partial charge in [-0.3, -0.25) is 9.59 Å². The Hall–Kier alpha value is -3.28. The van der Waals surface area contributed by atoms with Crippen molar-refractivity contribution in [3.63, 3.8) is 0 Å². The van der Waals surface area contributed by atoms with Crippen molar-refractivity contribution in [3.05, 3.63) is 70.6 Å². The second-order valence-electron chi connectivity index (χ2n) is 7.28. The van der Waals surface area contributed by atoms with Crippen molar-refractivity contribution in [2.24, 2.45) is 0 Å². The van der Waals surface area contributed by atoms with E-state index in [0.29, 0.717) is 11.4 Å². The first-order valence-electron chi connectivity index (χ1n) is 9.34. The van der Waals surface area contributed by atoms with Crippen LogP contribution in [-0.2, 0) is 6.42 Å². The number of Topliss-reactive ketones (excluding diaryl/α,β-unsaturated/α-hetero) is 1. The quantitative estimate of drug-likeness (QED) is 0.665. The largest absolute Gasteiger partial charge is 0.349 e. The first-order chi connectivity index (χ1) is 13.5. The molecule has 1 aliphatic carbocycles. The zero-order valence-electron chi connectivity index (χ0n) is 15.9. The normalized spacial score (nSPS) is 13.4. The van der Waals surface area contributed by atoms with E-state index in [1.54, 1.807) is 12.1 Å². The summed E-state index contributed by atoms with van der Waals surface area (Å²) in [4.78, 5) is 29.2. The predicted octanol–water partition coefficient (Wildman–Crippen LogP) is 3.67. The number of nitrogens with zero attached hydrogens (tertiary/aromatic N) is 2. The second-order valence-corrected chi connectivity index (χ2v) is 7.28. The lowest BCUT2D eigenvalue weighted by Gasteiger charge is -2.08. The number of aromatic nitrogens is 2. The molecule has 1 saturated carbocycles. The maximum atomic E-state index is 12.7. The summed E-state index contributed by atoms with van der Waals surface area (Å²) in [6.07, 6.45) is 2.17. The number of carbonyl (C=O) groups is 2. The van der Waals surface area contributed by atoms with Crippen molar-refractivity contribution in [2.45, 2.75) is 39.2 Å². The summed E-state index contributed by atoms with van der Waals surface area (Å²) in [5.74, 6) is -0.00458. The predicted molar refractivity (Wildman–Crippen MR) is 104 cm³/mol. The summed E-state index contributed by atoms with van der Waals surface area (Å²) in [6.45, 7) is 3.89.